The Morgan fingerprint density at radius 1 is 1.10 bits per heavy atom. The van der Waals surface area contributed by atoms with Gasteiger partial charge in [-0.25, -0.2) is 0 Å². The Morgan fingerprint density at radius 3 is 2.35 bits per heavy atom. The van der Waals surface area contributed by atoms with Crippen molar-refractivity contribution < 1.29 is 9.59 Å². The monoisotopic (exact) mass is 490 g/mol. The van der Waals surface area contributed by atoms with Crippen LogP contribution in [0.15, 0.2) is 64.3 Å². The van der Waals surface area contributed by atoms with Crippen molar-refractivity contribution in [2.75, 3.05) is 5.75 Å². The first-order chi connectivity index (χ1) is 14.7. The summed E-state index contributed by atoms with van der Waals surface area (Å²) in [5.41, 5.74) is 2.75. The van der Waals surface area contributed by atoms with Gasteiger partial charge in [-0.15, -0.1) is 0 Å². The predicted octanol–water partition coefficient (Wildman–Crippen LogP) is 6.55. The van der Waals surface area contributed by atoms with E-state index in [1.807, 2.05) is 0 Å². The van der Waals surface area contributed by atoms with Gasteiger partial charge in [-0.2, -0.15) is 5.26 Å². The number of Topliss-reactive ketones (excluding diaryl/α,β-unsaturated/α-hetero) is 2. The van der Waals surface area contributed by atoms with Crippen LogP contribution in [0.2, 0.25) is 15.1 Å². The first-order valence-corrected chi connectivity index (χ1v) is 11.3. The van der Waals surface area contributed by atoms with Crippen LogP contribution >= 0.6 is 46.6 Å². The highest BCUT2D eigenvalue weighted by atomic mass is 35.5. The molecule has 1 aliphatic rings. The summed E-state index contributed by atoms with van der Waals surface area (Å²) in [5.74, 6) is -0.740. The number of carbonyl (C=O) groups is 2. The second-order valence-electron chi connectivity index (χ2n) is 6.90. The normalized spacial score (nSPS) is 16.1. The van der Waals surface area contributed by atoms with Crippen LogP contribution in [-0.4, -0.2) is 17.3 Å². The third-order valence-corrected chi connectivity index (χ3v) is 6.83. The molecule has 2 aromatic rings. The number of benzene rings is 2. The second-order valence-corrected chi connectivity index (χ2v) is 9.14. The van der Waals surface area contributed by atoms with Crippen LogP contribution < -0.4 is 5.32 Å². The Bertz CT molecular complexity index is 1160. The van der Waals surface area contributed by atoms with Crippen molar-refractivity contribution >= 4 is 58.1 Å². The summed E-state index contributed by atoms with van der Waals surface area (Å²) in [6.07, 6.45) is 0. The lowest BCUT2D eigenvalue weighted by atomic mass is 9.81. The van der Waals surface area contributed by atoms with E-state index in [4.69, 9.17) is 34.8 Å². The average Bonchev–Trinajstić information content (AvgIpc) is 2.73. The van der Waals surface area contributed by atoms with Crippen LogP contribution in [0.3, 0.4) is 0 Å². The summed E-state index contributed by atoms with van der Waals surface area (Å²) in [6, 6.07) is 14.0. The number of thioether (sulfide) groups is 1. The number of halogens is 3. The third-order valence-electron chi connectivity index (χ3n) is 4.82. The average molecular weight is 492 g/mol. The molecule has 1 N–H and O–H groups in total. The number of ketones is 2. The number of nitriles is 1. The van der Waals surface area contributed by atoms with E-state index in [2.05, 4.69) is 11.4 Å². The van der Waals surface area contributed by atoms with Gasteiger partial charge in [0.05, 0.1) is 38.4 Å². The second kappa shape index (κ2) is 9.93. The minimum atomic E-state index is -0.538. The maximum Gasteiger partial charge on any atom is 0.173 e. The molecule has 0 bridgehead atoms. The van der Waals surface area contributed by atoms with Crippen molar-refractivity contribution in [2.45, 2.75) is 19.8 Å². The number of rotatable bonds is 6. The van der Waals surface area contributed by atoms with Crippen LogP contribution in [0, 0.1) is 11.3 Å². The Labute approximate surface area is 199 Å². The van der Waals surface area contributed by atoms with Gasteiger partial charge in [0.25, 0.3) is 0 Å². The molecule has 0 unspecified atom stereocenters. The number of carbonyl (C=O) groups excluding carboxylic acids is 2. The van der Waals surface area contributed by atoms with Gasteiger partial charge in [0.2, 0.25) is 0 Å². The summed E-state index contributed by atoms with van der Waals surface area (Å²) >= 11 is 19.2. The molecule has 8 heteroatoms. The fourth-order valence-electron chi connectivity index (χ4n) is 3.37. The SMILES string of the molecule is CC(=O)C1=C(C)NC(SCC(=O)c2ccc(Cl)c(Cl)c2)=C(C#N)[C@@H]1c1ccc(Cl)cc1. The van der Waals surface area contributed by atoms with E-state index in [-0.39, 0.29) is 17.3 Å². The van der Waals surface area contributed by atoms with E-state index in [0.717, 1.165) is 5.56 Å². The smallest absolute Gasteiger partial charge is 0.173 e. The van der Waals surface area contributed by atoms with Crippen molar-refractivity contribution in [3.63, 3.8) is 0 Å². The topological polar surface area (TPSA) is 70.0 Å². The molecule has 0 aromatic heterocycles. The van der Waals surface area contributed by atoms with E-state index >= 15 is 0 Å². The lowest BCUT2D eigenvalue weighted by Crippen LogP contribution is -2.27. The molecule has 3 rings (SSSR count). The first-order valence-electron chi connectivity index (χ1n) is 9.22. The molecule has 1 heterocycles. The number of hydrogen-bond acceptors (Lipinski definition) is 5. The Morgan fingerprint density at radius 2 is 1.77 bits per heavy atom. The lowest BCUT2D eigenvalue weighted by molar-refractivity contribution is -0.113. The number of dihydropyridines is 1. The maximum atomic E-state index is 12.7. The third kappa shape index (κ3) is 5.16. The fraction of sp³-hybridized carbons (Fsp3) is 0.174. The maximum absolute atomic E-state index is 12.7. The number of hydrogen-bond donors (Lipinski definition) is 1. The summed E-state index contributed by atoms with van der Waals surface area (Å²) < 4.78 is 0. The van der Waals surface area contributed by atoms with Gasteiger partial charge in [0, 0.05) is 21.9 Å². The Balaban J connectivity index is 1.94. The van der Waals surface area contributed by atoms with Crippen molar-refractivity contribution in [2.24, 2.45) is 0 Å². The summed E-state index contributed by atoms with van der Waals surface area (Å²) in [7, 11) is 0. The molecular formula is C23H17Cl3N2O2S. The van der Waals surface area contributed by atoms with Crippen molar-refractivity contribution in [3.05, 3.63) is 90.5 Å². The molecule has 0 spiro atoms. The lowest BCUT2D eigenvalue weighted by Gasteiger charge is -2.29. The van der Waals surface area contributed by atoms with Crippen molar-refractivity contribution in [1.29, 1.82) is 5.26 Å². The molecule has 0 saturated carbocycles. The largest absolute Gasteiger partial charge is 0.353 e. The van der Waals surface area contributed by atoms with Gasteiger partial charge in [0.1, 0.15) is 0 Å². The van der Waals surface area contributed by atoms with E-state index < -0.39 is 5.92 Å². The van der Waals surface area contributed by atoms with Gasteiger partial charge >= 0.3 is 0 Å². The van der Waals surface area contributed by atoms with Crippen LogP contribution in [0.25, 0.3) is 0 Å². The molecule has 1 aliphatic heterocycles. The van der Waals surface area contributed by atoms with Crippen LogP contribution in [0.4, 0.5) is 0 Å². The Hall–Kier alpha value is -2.23. The van der Waals surface area contributed by atoms with E-state index in [0.29, 0.717) is 42.5 Å². The zero-order valence-electron chi connectivity index (χ0n) is 16.6. The molecule has 1 atom stereocenters. The van der Waals surface area contributed by atoms with Crippen LogP contribution in [0.5, 0.6) is 0 Å². The highest BCUT2D eigenvalue weighted by Gasteiger charge is 2.33. The summed E-state index contributed by atoms with van der Waals surface area (Å²) in [4.78, 5) is 25.1. The molecule has 0 aliphatic carbocycles. The molecule has 0 fully saturated rings. The van der Waals surface area contributed by atoms with E-state index in [1.165, 1.54) is 24.8 Å². The summed E-state index contributed by atoms with van der Waals surface area (Å²) in [6.45, 7) is 3.26. The standard InChI is InChI=1S/C23H17Cl3N2O2S/c1-12-21(13(2)29)22(14-3-6-16(24)7-4-14)17(10-27)23(28-12)31-11-20(30)15-5-8-18(25)19(26)9-15/h3-9,22,28H,11H2,1-2H3/t22-/m0/s1. The number of nitrogens with one attached hydrogen (secondary N) is 1. The van der Waals surface area contributed by atoms with Gasteiger partial charge in [-0.3, -0.25) is 9.59 Å². The molecule has 0 radical (unpaired) electrons. The van der Waals surface area contributed by atoms with Crippen molar-refractivity contribution in [1.82, 2.24) is 5.32 Å². The van der Waals surface area contributed by atoms with E-state index in [9.17, 15) is 14.9 Å². The quantitative estimate of drug-likeness (QED) is 0.464. The number of nitrogens with zero attached hydrogens (tertiary/aromatic N) is 1. The minimum Gasteiger partial charge on any atom is -0.353 e. The molecular weight excluding hydrogens is 475 g/mol. The molecule has 31 heavy (non-hydrogen) atoms. The zero-order chi connectivity index (χ0) is 22.7. The van der Waals surface area contributed by atoms with Gasteiger partial charge in [-0.1, -0.05) is 58.7 Å². The van der Waals surface area contributed by atoms with Crippen molar-refractivity contribution in [3.8, 4) is 6.07 Å². The molecule has 0 amide bonds. The highest BCUT2D eigenvalue weighted by molar-refractivity contribution is 8.03. The zero-order valence-corrected chi connectivity index (χ0v) is 19.7. The summed E-state index contributed by atoms with van der Waals surface area (Å²) in [5, 5.41) is 14.9. The molecule has 2 aromatic carbocycles. The minimum absolute atomic E-state index is 0.0848. The molecule has 4 nitrogen and oxygen atoms in total. The molecule has 0 saturated heterocycles. The van der Waals surface area contributed by atoms with Gasteiger partial charge in [-0.05, 0) is 49.7 Å². The first kappa shape index (κ1) is 23.4. The van der Waals surface area contributed by atoms with Crippen LogP contribution in [-0.2, 0) is 4.79 Å². The Kier molecular flexibility index (Phi) is 7.51. The number of allylic oxidation sites excluding steroid dienone is 3. The van der Waals surface area contributed by atoms with E-state index in [1.54, 1.807) is 43.3 Å². The molecule has 158 valence electrons. The van der Waals surface area contributed by atoms with Gasteiger partial charge < -0.3 is 5.32 Å². The highest BCUT2D eigenvalue weighted by Crippen LogP contribution is 2.41. The predicted molar refractivity (Wildman–Crippen MR) is 127 cm³/mol. The fourth-order valence-corrected chi connectivity index (χ4v) is 4.78. The van der Waals surface area contributed by atoms with Crippen LogP contribution in [0.1, 0.15) is 35.7 Å². The van der Waals surface area contributed by atoms with Gasteiger partial charge in [0.15, 0.2) is 11.6 Å².